The van der Waals surface area contributed by atoms with Gasteiger partial charge in [-0.15, -0.1) is 0 Å². The molecule has 0 fully saturated rings. The highest BCUT2D eigenvalue weighted by molar-refractivity contribution is 6.02. The summed E-state index contributed by atoms with van der Waals surface area (Å²) in [6.07, 6.45) is 1.64. The van der Waals surface area contributed by atoms with Gasteiger partial charge in [0.25, 0.3) is 0 Å². The molecule has 1 aromatic rings. The average molecular weight is 251 g/mol. The van der Waals surface area contributed by atoms with Crippen LogP contribution in [0.15, 0.2) is 23.4 Å². The molecule has 0 radical (unpaired) electrons. The number of aromatic hydroxyl groups is 1. The Morgan fingerprint density at radius 3 is 2.50 bits per heavy atom. The van der Waals surface area contributed by atoms with Gasteiger partial charge in [-0.25, -0.2) is 0 Å². The number of benzene rings is 1. The molecular weight excluding hydrogens is 234 g/mol. The van der Waals surface area contributed by atoms with Gasteiger partial charge in [0.2, 0.25) is 0 Å². The summed E-state index contributed by atoms with van der Waals surface area (Å²) in [5.41, 5.74) is 1.77. The van der Waals surface area contributed by atoms with Crippen molar-refractivity contribution in [3.05, 3.63) is 29.3 Å². The number of hydrogen-bond donors (Lipinski definition) is 3. The van der Waals surface area contributed by atoms with Crippen LogP contribution in [-0.4, -0.2) is 27.1 Å². The predicted molar refractivity (Wildman–Crippen MR) is 67.3 cm³/mol. The molecule has 0 saturated heterocycles. The average Bonchev–Trinajstić information content (AvgIpc) is 2.30. The molecule has 1 rings (SSSR count). The molecule has 98 valence electrons. The number of rotatable bonds is 6. The van der Waals surface area contributed by atoms with Crippen LogP contribution in [0.3, 0.4) is 0 Å². The van der Waals surface area contributed by atoms with E-state index < -0.39 is 5.97 Å². The lowest BCUT2D eigenvalue weighted by Crippen LogP contribution is -2.03. The molecule has 5 heteroatoms. The van der Waals surface area contributed by atoms with Crippen LogP contribution in [0.25, 0.3) is 0 Å². The Morgan fingerprint density at radius 1 is 1.28 bits per heavy atom. The highest BCUT2D eigenvalue weighted by Gasteiger charge is 2.10. The van der Waals surface area contributed by atoms with Gasteiger partial charge in [-0.05, 0) is 43.9 Å². The molecule has 0 amide bonds. The van der Waals surface area contributed by atoms with Gasteiger partial charge in [-0.1, -0.05) is 11.2 Å². The Kier molecular flexibility index (Phi) is 5.17. The summed E-state index contributed by atoms with van der Waals surface area (Å²) in [5, 5.41) is 30.4. The number of nitrogens with zero attached hydrogens (tertiary/aromatic N) is 1. The lowest BCUT2D eigenvalue weighted by molar-refractivity contribution is -0.137. The van der Waals surface area contributed by atoms with Crippen LogP contribution in [0.5, 0.6) is 5.75 Å². The summed E-state index contributed by atoms with van der Waals surface area (Å²) < 4.78 is 0. The van der Waals surface area contributed by atoms with Crippen LogP contribution in [0, 0.1) is 6.92 Å². The fraction of sp³-hybridized carbons (Fsp3) is 0.385. The highest BCUT2D eigenvalue weighted by atomic mass is 16.4. The van der Waals surface area contributed by atoms with Gasteiger partial charge in [0.1, 0.15) is 5.75 Å². The Bertz CT molecular complexity index is 454. The van der Waals surface area contributed by atoms with Crippen LogP contribution >= 0.6 is 0 Å². The first kappa shape index (κ1) is 14.0. The van der Waals surface area contributed by atoms with E-state index in [2.05, 4.69) is 5.16 Å². The fourth-order valence-electron chi connectivity index (χ4n) is 1.69. The van der Waals surface area contributed by atoms with Gasteiger partial charge in [0, 0.05) is 12.0 Å². The summed E-state index contributed by atoms with van der Waals surface area (Å²) in [6, 6.07) is 5.10. The lowest BCUT2D eigenvalue weighted by atomic mass is 10.0. The SMILES string of the molecule is Cc1ccc(C(CCCCC(=O)O)=NO)c(O)c1. The number of phenolic OH excluding ortho intramolecular Hbond substituents is 1. The van der Waals surface area contributed by atoms with Crippen molar-refractivity contribution >= 4 is 11.7 Å². The molecule has 3 N–H and O–H groups in total. The first-order valence-electron chi connectivity index (χ1n) is 5.77. The maximum absolute atomic E-state index is 10.4. The number of hydrogen-bond acceptors (Lipinski definition) is 4. The Morgan fingerprint density at radius 2 is 1.94 bits per heavy atom. The van der Waals surface area contributed by atoms with E-state index in [1.54, 1.807) is 12.1 Å². The fourth-order valence-corrected chi connectivity index (χ4v) is 1.69. The Balaban J connectivity index is 2.64. The van der Waals surface area contributed by atoms with E-state index in [1.807, 2.05) is 13.0 Å². The zero-order valence-electron chi connectivity index (χ0n) is 10.3. The van der Waals surface area contributed by atoms with Crippen LogP contribution in [0.4, 0.5) is 0 Å². The molecule has 0 aliphatic rings. The van der Waals surface area contributed by atoms with Gasteiger partial charge < -0.3 is 15.4 Å². The first-order valence-corrected chi connectivity index (χ1v) is 5.77. The van der Waals surface area contributed by atoms with E-state index in [1.165, 1.54) is 0 Å². The molecular formula is C13H17NO4. The van der Waals surface area contributed by atoms with E-state index in [9.17, 15) is 9.90 Å². The maximum atomic E-state index is 10.4. The van der Waals surface area contributed by atoms with Crippen molar-refractivity contribution < 1.29 is 20.2 Å². The summed E-state index contributed by atoms with van der Waals surface area (Å²) in [7, 11) is 0. The van der Waals surface area contributed by atoms with Gasteiger partial charge >= 0.3 is 5.97 Å². The maximum Gasteiger partial charge on any atom is 0.303 e. The molecule has 0 aliphatic heterocycles. The smallest absolute Gasteiger partial charge is 0.303 e. The quantitative estimate of drug-likeness (QED) is 0.313. The molecule has 0 spiro atoms. The molecule has 5 nitrogen and oxygen atoms in total. The van der Waals surface area contributed by atoms with Crippen molar-refractivity contribution in [2.75, 3.05) is 0 Å². The minimum Gasteiger partial charge on any atom is -0.507 e. The second kappa shape index (κ2) is 6.64. The predicted octanol–water partition coefficient (Wildman–Crippen LogP) is 2.52. The second-order valence-corrected chi connectivity index (χ2v) is 4.17. The summed E-state index contributed by atoms with van der Waals surface area (Å²) in [6.45, 7) is 1.85. The zero-order chi connectivity index (χ0) is 13.5. The van der Waals surface area contributed by atoms with Crippen molar-refractivity contribution in [3.63, 3.8) is 0 Å². The number of unbranched alkanes of at least 4 members (excludes halogenated alkanes) is 1. The Hall–Kier alpha value is -2.04. The van der Waals surface area contributed by atoms with E-state index in [4.69, 9.17) is 10.3 Å². The number of aliphatic carboxylic acids is 1. The molecule has 0 aliphatic carbocycles. The van der Waals surface area contributed by atoms with Crippen LogP contribution < -0.4 is 0 Å². The first-order chi connectivity index (χ1) is 8.54. The van der Waals surface area contributed by atoms with Gasteiger partial charge in [-0.3, -0.25) is 4.79 Å². The van der Waals surface area contributed by atoms with Crippen molar-refractivity contribution in [2.45, 2.75) is 32.6 Å². The number of carboxylic acid groups (broad SMARTS) is 1. The molecule has 1 aromatic carbocycles. The Labute approximate surface area is 105 Å². The van der Waals surface area contributed by atoms with Crippen molar-refractivity contribution in [3.8, 4) is 5.75 Å². The van der Waals surface area contributed by atoms with E-state index in [-0.39, 0.29) is 12.2 Å². The summed E-state index contributed by atoms with van der Waals surface area (Å²) >= 11 is 0. The van der Waals surface area contributed by atoms with Crippen LogP contribution in [0.2, 0.25) is 0 Å². The van der Waals surface area contributed by atoms with Gasteiger partial charge in [-0.2, -0.15) is 0 Å². The number of carboxylic acids is 1. The molecule has 0 saturated carbocycles. The number of oxime groups is 1. The molecule has 0 unspecified atom stereocenters. The van der Waals surface area contributed by atoms with Gasteiger partial charge in [0.05, 0.1) is 5.71 Å². The summed E-state index contributed by atoms with van der Waals surface area (Å²) in [5.74, 6) is -0.767. The molecule has 18 heavy (non-hydrogen) atoms. The van der Waals surface area contributed by atoms with E-state index in [0.29, 0.717) is 30.5 Å². The van der Waals surface area contributed by atoms with Crippen molar-refractivity contribution in [1.29, 1.82) is 0 Å². The molecule has 0 aromatic heterocycles. The highest BCUT2D eigenvalue weighted by Crippen LogP contribution is 2.21. The number of aryl methyl sites for hydroxylation is 1. The third-order valence-electron chi connectivity index (χ3n) is 2.64. The third kappa shape index (κ3) is 4.08. The third-order valence-corrected chi connectivity index (χ3v) is 2.64. The molecule has 0 atom stereocenters. The van der Waals surface area contributed by atoms with Crippen LogP contribution in [0.1, 0.15) is 36.8 Å². The zero-order valence-corrected chi connectivity index (χ0v) is 10.3. The normalized spacial score (nSPS) is 11.5. The summed E-state index contributed by atoms with van der Waals surface area (Å²) in [4.78, 5) is 10.4. The molecule has 0 heterocycles. The van der Waals surface area contributed by atoms with E-state index in [0.717, 1.165) is 5.56 Å². The lowest BCUT2D eigenvalue weighted by Gasteiger charge is -2.07. The van der Waals surface area contributed by atoms with Gasteiger partial charge in [0.15, 0.2) is 0 Å². The van der Waals surface area contributed by atoms with Crippen LogP contribution in [-0.2, 0) is 4.79 Å². The molecule has 0 bridgehead atoms. The number of phenols is 1. The monoisotopic (exact) mass is 251 g/mol. The van der Waals surface area contributed by atoms with E-state index >= 15 is 0 Å². The minimum atomic E-state index is -0.837. The second-order valence-electron chi connectivity index (χ2n) is 4.17. The minimum absolute atomic E-state index is 0.0704. The topological polar surface area (TPSA) is 90.1 Å². The largest absolute Gasteiger partial charge is 0.507 e. The van der Waals surface area contributed by atoms with Crippen molar-refractivity contribution in [2.24, 2.45) is 5.16 Å². The van der Waals surface area contributed by atoms with Crippen molar-refractivity contribution in [1.82, 2.24) is 0 Å². The standard InChI is InChI=1S/C13H17NO4/c1-9-6-7-10(12(15)8-9)11(14-18)4-2-3-5-13(16)17/h6-8,15,18H,2-5H2,1H3,(H,16,17). The number of carbonyl (C=O) groups is 1.